The molecule has 1 heteroatoms. The van der Waals surface area contributed by atoms with Gasteiger partial charge in [-0.05, 0) is 104 Å². The van der Waals surface area contributed by atoms with Crippen LogP contribution in [-0.4, -0.2) is 11.2 Å². The molecule has 0 aromatic carbocycles. The van der Waals surface area contributed by atoms with Gasteiger partial charge in [-0.15, -0.1) is 0 Å². The van der Waals surface area contributed by atoms with Gasteiger partial charge in [0.05, 0.1) is 6.10 Å². The predicted octanol–water partition coefficient (Wildman–Crippen LogP) is 7.63. The lowest BCUT2D eigenvalue weighted by Gasteiger charge is -2.60. The molecule has 0 saturated heterocycles. The predicted molar refractivity (Wildman–Crippen MR) is 124 cm³/mol. The minimum absolute atomic E-state index is 0.0253. The third-order valence-corrected chi connectivity index (χ3v) is 11.0. The number of rotatable bonds is 5. The first kappa shape index (κ1) is 21.9. The van der Waals surface area contributed by atoms with Crippen molar-refractivity contribution < 1.29 is 5.11 Å². The standard InChI is InChI=1S/C28H48O/c1-18(2)19(3)7-8-20(4)24-11-12-25-23-10-9-21-17-22(29)13-15-27(21,5)26(23)14-16-28(24,25)6/h12,18-24,26,29H,7-11,13-17H2,1-6H3. The van der Waals surface area contributed by atoms with E-state index in [-0.39, 0.29) is 6.10 Å². The van der Waals surface area contributed by atoms with E-state index in [0.29, 0.717) is 10.8 Å². The van der Waals surface area contributed by atoms with Gasteiger partial charge >= 0.3 is 0 Å². The molecular weight excluding hydrogens is 352 g/mol. The smallest absolute Gasteiger partial charge is 0.0543 e. The van der Waals surface area contributed by atoms with Crippen LogP contribution in [0, 0.1) is 52.3 Å². The molecule has 0 bridgehead atoms. The van der Waals surface area contributed by atoms with Crippen molar-refractivity contribution in [1.82, 2.24) is 0 Å². The first-order valence-corrected chi connectivity index (χ1v) is 13.1. The zero-order valence-electron chi connectivity index (χ0n) is 20.2. The van der Waals surface area contributed by atoms with Crippen molar-refractivity contribution in [3.05, 3.63) is 11.6 Å². The van der Waals surface area contributed by atoms with E-state index in [2.05, 4.69) is 47.6 Å². The molecule has 3 saturated carbocycles. The second-order valence-electron chi connectivity index (χ2n) is 12.7. The van der Waals surface area contributed by atoms with Gasteiger partial charge < -0.3 is 5.11 Å². The molecule has 29 heavy (non-hydrogen) atoms. The van der Waals surface area contributed by atoms with Crippen LogP contribution in [-0.2, 0) is 0 Å². The molecule has 0 heterocycles. The fourth-order valence-corrected chi connectivity index (χ4v) is 8.52. The van der Waals surface area contributed by atoms with Gasteiger partial charge in [0.2, 0.25) is 0 Å². The highest BCUT2D eigenvalue weighted by Crippen LogP contribution is 2.66. The van der Waals surface area contributed by atoms with Crippen LogP contribution in [0.2, 0.25) is 0 Å². The summed E-state index contributed by atoms with van der Waals surface area (Å²) in [4.78, 5) is 0. The summed E-state index contributed by atoms with van der Waals surface area (Å²) < 4.78 is 0. The molecule has 4 rings (SSSR count). The molecule has 0 spiro atoms. The summed E-state index contributed by atoms with van der Waals surface area (Å²) in [5.41, 5.74) is 2.84. The minimum atomic E-state index is -0.0253. The molecule has 3 fully saturated rings. The van der Waals surface area contributed by atoms with Crippen LogP contribution >= 0.6 is 0 Å². The second-order valence-corrected chi connectivity index (χ2v) is 12.7. The first-order chi connectivity index (χ1) is 13.7. The van der Waals surface area contributed by atoms with Crippen molar-refractivity contribution >= 4 is 0 Å². The summed E-state index contributed by atoms with van der Waals surface area (Å²) in [6.07, 6.45) is 15.8. The molecule has 9 atom stereocenters. The van der Waals surface area contributed by atoms with Crippen LogP contribution in [0.15, 0.2) is 11.6 Å². The SMILES string of the molecule is CC(C)C(C)CCC(C)C1CC=C2C3CCC4CC(O)CCC4(C)C3CCC21C. The number of aliphatic hydroxyl groups excluding tert-OH is 1. The van der Waals surface area contributed by atoms with Gasteiger partial charge in [-0.1, -0.05) is 66.0 Å². The number of hydrogen-bond donors (Lipinski definition) is 1. The van der Waals surface area contributed by atoms with Crippen molar-refractivity contribution in [3.63, 3.8) is 0 Å². The van der Waals surface area contributed by atoms with Gasteiger partial charge in [-0.3, -0.25) is 0 Å². The van der Waals surface area contributed by atoms with Gasteiger partial charge in [-0.2, -0.15) is 0 Å². The second kappa shape index (κ2) is 7.99. The fourth-order valence-electron chi connectivity index (χ4n) is 8.52. The normalized spacial score (nSPS) is 46.5. The third-order valence-electron chi connectivity index (χ3n) is 11.0. The average Bonchev–Trinajstić information content (AvgIpc) is 3.03. The van der Waals surface area contributed by atoms with Gasteiger partial charge in [0, 0.05) is 0 Å². The fraction of sp³-hybridized carbons (Fsp3) is 0.929. The van der Waals surface area contributed by atoms with Crippen molar-refractivity contribution in [3.8, 4) is 0 Å². The van der Waals surface area contributed by atoms with E-state index in [1.807, 2.05) is 5.57 Å². The molecule has 0 radical (unpaired) electrons. The van der Waals surface area contributed by atoms with Crippen LogP contribution in [0.5, 0.6) is 0 Å². The lowest BCUT2D eigenvalue weighted by Crippen LogP contribution is -2.52. The number of hydrogen-bond acceptors (Lipinski definition) is 1. The average molecular weight is 401 g/mol. The summed E-state index contributed by atoms with van der Waals surface area (Å²) in [5.74, 6) is 5.88. The highest BCUT2D eigenvalue weighted by Gasteiger charge is 2.57. The number of allylic oxidation sites excluding steroid dienone is 2. The van der Waals surface area contributed by atoms with Crippen LogP contribution in [0.3, 0.4) is 0 Å². The Kier molecular flexibility index (Phi) is 6.04. The van der Waals surface area contributed by atoms with Gasteiger partial charge in [0.25, 0.3) is 0 Å². The zero-order valence-corrected chi connectivity index (χ0v) is 20.2. The van der Waals surface area contributed by atoms with Crippen molar-refractivity contribution in [1.29, 1.82) is 0 Å². The summed E-state index contributed by atoms with van der Waals surface area (Å²) in [5, 5.41) is 10.3. The van der Waals surface area contributed by atoms with E-state index in [4.69, 9.17) is 0 Å². The Morgan fingerprint density at radius 3 is 2.48 bits per heavy atom. The van der Waals surface area contributed by atoms with E-state index in [0.717, 1.165) is 54.3 Å². The Labute approximate surface area is 181 Å². The van der Waals surface area contributed by atoms with Crippen LogP contribution in [0.4, 0.5) is 0 Å². The van der Waals surface area contributed by atoms with Crippen LogP contribution in [0.1, 0.15) is 106 Å². The van der Waals surface area contributed by atoms with Crippen LogP contribution < -0.4 is 0 Å². The Bertz CT molecular complexity index is 620. The lowest BCUT2D eigenvalue weighted by atomic mass is 9.45. The number of aliphatic hydroxyl groups is 1. The molecule has 166 valence electrons. The quantitative estimate of drug-likeness (QED) is 0.470. The molecule has 1 N–H and O–H groups in total. The molecule has 0 aromatic rings. The van der Waals surface area contributed by atoms with Crippen molar-refractivity contribution in [2.45, 2.75) is 112 Å². The molecule has 0 aliphatic heterocycles. The Balaban J connectivity index is 1.47. The molecule has 4 aliphatic rings. The van der Waals surface area contributed by atoms with Gasteiger partial charge in [-0.25, -0.2) is 0 Å². The van der Waals surface area contributed by atoms with E-state index >= 15 is 0 Å². The Hall–Kier alpha value is -0.300. The molecule has 9 unspecified atom stereocenters. The highest BCUT2D eigenvalue weighted by molar-refractivity contribution is 5.30. The molecule has 4 aliphatic carbocycles. The van der Waals surface area contributed by atoms with Gasteiger partial charge in [0.15, 0.2) is 0 Å². The van der Waals surface area contributed by atoms with Crippen LogP contribution in [0.25, 0.3) is 0 Å². The van der Waals surface area contributed by atoms with E-state index in [9.17, 15) is 5.11 Å². The largest absolute Gasteiger partial charge is 0.393 e. The monoisotopic (exact) mass is 400 g/mol. The minimum Gasteiger partial charge on any atom is -0.393 e. The third kappa shape index (κ3) is 3.66. The Morgan fingerprint density at radius 1 is 1.00 bits per heavy atom. The molecule has 0 amide bonds. The topological polar surface area (TPSA) is 20.2 Å². The maximum absolute atomic E-state index is 10.3. The highest BCUT2D eigenvalue weighted by atomic mass is 16.3. The Morgan fingerprint density at radius 2 is 1.76 bits per heavy atom. The summed E-state index contributed by atoms with van der Waals surface area (Å²) >= 11 is 0. The van der Waals surface area contributed by atoms with Crippen molar-refractivity contribution in [2.75, 3.05) is 0 Å². The summed E-state index contributed by atoms with van der Waals surface area (Å²) in [6.45, 7) is 15.0. The first-order valence-electron chi connectivity index (χ1n) is 13.1. The van der Waals surface area contributed by atoms with E-state index in [1.165, 1.54) is 51.4 Å². The van der Waals surface area contributed by atoms with E-state index < -0.39 is 0 Å². The van der Waals surface area contributed by atoms with E-state index in [1.54, 1.807) is 0 Å². The lowest BCUT2D eigenvalue weighted by molar-refractivity contribution is -0.0860. The summed E-state index contributed by atoms with van der Waals surface area (Å²) in [7, 11) is 0. The maximum Gasteiger partial charge on any atom is 0.0543 e. The van der Waals surface area contributed by atoms with Gasteiger partial charge in [0.1, 0.15) is 0 Å². The maximum atomic E-state index is 10.3. The summed E-state index contributed by atoms with van der Waals surface area (Å²) in [6, 6.07) is 0. The van der Waals surface area contributed by atoms with Crippen molar-refractivity contribution in [2.24, 2.45) is 52.3 Å². The molecule has 1 nitrogen and oxygen atoms in total. The molecule has 0 aromatic heterocycles. The number of fused-ring (bicyclic) bond motifs is 5. The molecular formula is C28H48O. The zero-order chi connectivity index (χ0) is 21.0.